The molecule has 0 saturated carbocycles. The summed E-state index contributed by atoms with van der Waals surface area (Å²) in [5.74, 6) is -1.46. The van der Waals surface area contributed by atoms with Crippen molar-refractivity contribution in [2.45, 2.75) is 6.37 Å². The number of hydrogen-bond acceptors (Lipinski definition) is 1. The molecule has 0 aromatic heterocycles. The fourth-order valence-electron chi connectivity index (χ4n) is 0.416. The summed E-state index contributed by atoms with van der Waals surface area (Å²) < 4.78 is 70.9. The fraction of sp³-hybridized carbons (Fsp3) is 0.250. The Morgan fingerprint density at radius 1 is 1.50 bits per heavy atom. The number of rotatable bonds is 2. The second kappa shape index (κ2) is 3.32. The average molecular weight is 148 g/mol. The van der Waals surface area contributed by atoms with Gasteiger partial charge in [-0.05, 0) is 24.0 Å². The summed E-state index contributed by atoms with van der Waals surface area (Å²) in [6.45, 7) is -3.44. The van der Waals surface area contributed by atoms with Gasteiger partial charge in [-0.1, -0.05) is 12.1 Å². The third-order valence-corrected chi connectivity index (χ3v) is 0.775. The van der Waals surface area contributed by atoms with Crippen molar-refractivity contribution in [3.05, 3.63) is 35.6 Å². The van der Waals surface area contributed by atoms with Crippen LogP contribution < -0.4 is 0 Å². The smallest absolute Gasteiger partial charge is 0.123 e. The van der Waals surface area contributed by atoms with Crippen molar-refractivity contribution in [1.29, 1.82) is 0 Å². The first-order chi connectivity index (χ1) is 7.93. The largest absolute Gasteiger partial charge is 0.396 e. The van der Waals surface area contributed by atoms with Gasteiger partial charge in [0.05, 0.1) is 8.22 Å². The Labute approximate surface area is 70.4 Å². The van der Waals surface area contributed by atoms with Gasteiger partial charge in [0.15, 0.2) is 0 Å². The van der Waals surface area contributed by atoms with Crippen molar-refractivity contribution >= 4 is 0 Å². The van der Waals surface area contributed by atoms with Crippen LogP contribution in [0.15, 0.2) is 24.2 Å². The highest BCUT2D eigenvalue weighted by molar-refractivity contribution is 5.15. The summed E-state index contributed by atoms with van der Waals surface area (Å²) in [7, 11) is 0. The van der Waals surface area contributed by atoms with Crippen LogP contribution in [0.2, 0.25) is 0 Å². The number of halogens is 1. The van der Waals surface area contributed by atoms with Gasteiger partial charge in [-0.3, -0.25) is 0 Å². The molecule has 54 valence electrons. The monoisotopic (exact) mass is 148 g/mol. The number of benzene rings is 1. The molecule has 0 aliphatic rings. The quantitative estimate of drug-likeness (QED) is 0.671. The molecule has 0 saturated heterocycles. The molecular weight excluding hydrogens is 131 g/mol. The first kappa shape index (κ1) is 2.05. The number of hydrogen-bond donors (Lipinski definition) is 1. The molecule has 0 radical (unpaired) electrons. The lowest BCUT2D eigenvalue weighted by Crippen LogP contribution is -1.89. The molecule has 1 N–H and O–H groups in total. The average Bonchev–Trinajstić information content (AvgIpc) is 2.22. The minimum absolute atomic E-state index is 1.02. The van der Waals surface area contributed by atoms with Crippen LogP contribution in [0, 0.1) is 5.82 Å². The van der Waals surface area contributed by atoms with Crippen LogP contribution in [0.5, 0.6) is 0 Å². The van der Waals surface area contributed by atoms with E-state index in [-0.39, 0.29) is 0 Å². The number of aliphatic hydroxyl groups is 1. The lowest BCUT2D eigenvalue weighted by Gasteiger charge is -1.95. The molecule has 1 rings (SSSR count). The van der Waals surface area contributed by atoms with Crippen LogP contribution >= 0.6 is 0 Å². The van der Waals surface area contributed by atoms with Crippen molar-refractivity contribution in [2.24, 2.45) is 0 Å². The fourth-order valence-corrected chi connectivity index (χ4v) is 0.416. The first-order valence-corrected chi connectivity index (χ1v) is 2.41. The molecule has 0 aliphatic carbocycles. The van der Waals surface area contributed by atoms with E-state index in [0.717, 1.165) is 0 Å². The zero-order chi connectivity index (χ0) is 14.5. The molecule has 2 heteroatoms. The first-order valence-electron chi connectivity index (χ1n) is 6.41. The molecule has 1 aromatic rings. The third kappa shape index (κ3) is 1.81. The van der Waals surface area contributed by atoms with E-state index in [4.69, 9.17) is 16.1 Å². The molecule has 0 unspecified atom stereocenters. The maximum atomic E-state index is 13.2. The van der Waals surface area contributed by atoms with Crippen LogP contribution in [0.1, 0.15) is 16.5 Å². The normalized spacial score (nSPS) is 24.2. The van der Waals surface area contributed by atoms with Gasteiger partial charge >= 0.3 is 0 Å². The Morgan fingerprint density at radius 3 is 2.60 bits per heavy atom. The van der Waals surface area contributed by atoms with Crippen molar-refractivity contribution < 1.29 is 20.5 Å². The Bertz CT molecular complexity index is 466. The maximum absolute atomic E-state index is 13.2. The van der Waals surface area contributed by atoms with Crippen LogP contribution in [0.4, 0.5) is 4.39 Å². The summed E-state index contributed by atoms with van der Waals surface area (Å²) in [4.78, 5) is 0. The predicted molar refractivity (Wildman–Crippen MR) is 37.2 cm³/mol. The summed E-state index contributed by atoms with van der Waals surface area (Å²) in [5.41, 5.74) is -1.02. The minimum Gasteiger partial charge on any atom is -0.396 e. The zero-order valence-corrected chi connectivity index (χ0v) is 4.83. The molecule has 0 spiro atoms. The molecule has 0 aliphatic heterocycles. The highest BCUT2D eigenvalue weighted by Gasteiger charge is 1.90. The van der Waals surface area contributed by atoms with Gasteiger partial charge in [-0.15, -0.1) is 0 Å². The van der Waals surface area contributed by atoms with Gasteiger partial charge in [0, 0.05) is 9.30 Å². The SMILES string of the molecule is [2H]c1c([2H])c(C([2H])([2H])C([2H])([2H])O)c([2H])c([2H])c1F. The molecule has 1 aromatic carbocycles. The van der Waals surface area contributed by atoms with Gasteiger partial charge in [0.25, 0.3) is 0 Å². The summed E-state index contributed by atoms with van der Waals surface area (Å²) >= 11 is 0. The predicted octanol–water partition coefficient (Wildman–Crippen LogP) is 1.36. The summed E-state index contributed by atoms with van der Waals surface area (Å²) in [5, 5.41) is 9.07. The van der Waals surface area contributed by atoms with E-state index in [1.165, 1.54) is 0 Å². The van der Waals surface area contributed by atoms with E-state index in [1.807, 2.05) is 0 Å². The van der Waals surface area contributed by atoms with Crippen LogP contribution in [-0.2, 0) is 6.37 Å². The van der Waals surface area contributed by atoms with Crippen molar-refractivity contribution in [3.63, 3.8) is 0 Å². The van der Waals surface area contributed by atoms with E-state index >= 15 is 0 Å². The van der Waals surface area contributed by atoms with Crippen molar-refractivity contribution in [2.75, 3.05) is 6.56 Å². The maximum Gasteiger partial charge on any atom is 0.123 e. The standard InChI is InChI=1S/C8H9FO/c9-8-3-1-7(2-4-8)5-6-10/h1-4,10H,5-6H2/i1D,2D,3D,4D,5D2,6D2. The molecule has 10 heavy (non-hydrogen) atoms. The second-order valence-corrected chi connectivity index (χ2v) is 1.43. The topological polar surface area (TPSA) is 20.2 Å². The van der Waals surface area contributed by atoms with E-state index in [9.17, 15) is 4.39 Å². The third-order valence-electron chi connectivity index (χ3n) is 0.775. The molecule has 0 amide bonds. The van der Waals surface area contributed by atoms with Gasteiger partial charge in [0.1, 0.15) is 5.82 Å². The highest BCUT2D eigenvalue weighted by Crippen LogP contribution is 2.02. The van der Waals surface area contributed by atoms with Crippen molar-refractivity contribution in [3.8, 4) is 0 Å². The van der Waals surface area contributed by atoms with Crippen LogP contribution in [0.3, 0.4) is 0 Å². The van der Waals surface area contributed by atoms with Gasteiger partial charge in [-0.2, -0.15) is 0 Å². The van der Waals surface area contributed by atoms with E-state index in [1.54, 1.807) is 0 Å². The minimum atomic E-state index is -3.44. The molecule has 1 nitrogen and oxygen atoms in total. The van der Waals surface area contributed by atoms with Gasteiger partial charge < -0.3 is 5.11 Å². The van der Waals surface area contributed by atoms with E-state index in [2.05, 4.69) is 0 Å². The molecule has 0 fully saturated rings. The van der Waals surface area contributed by atoms with Crippen LogP contribution in [-0.4, -0.2) is 11.7 Å². The second-order valence-electron chi connectivity index (χ2n) is 1.43. The molecule has 0 bridgehead atoms. The highest BCUT2D eigenvalue weighted by atomic mass is 19.1. The zero-order valence-electron chi connectivity index (χ0n) is 12.8. The summed E-state index contributed by atoms with van der Waals surface area (Å²) in [6.07, 6.45) is -3.21. The van der Waals surface area contributed by atoms with Crippen LogP contribution in [0.25, 0.3) is 0 Å². The summed E-state index contributed by atoms with van der Waals surface area (Å²) in [6, 6.07) is -4.34. The Kier molecular flexibility index (Phi) is 0.680. The molecular formula is C8H9FO. The van der Waals surface area contributed by atoms with Gasteiger partial charge in [0.2, 0.25) is 0 Å². The van der Waals surface area contributed by atoms with Crippen molar-refractivity contribution in [1.82, 2.24) is 0 Å². The van der Waals surface area contributed by atoms with E-state index in [0.29, 0.717) is 0 Å². The Hall–Kier alpha value is -0.890. The van der Waals surface area contributed by atoms with E-state index < -0.39 is 48.5 Å². The lowest BCUT2D eigenvalue weighted by atomic mass is 10.2. The Balaban J connectivity index is 3.72. The Morgan fingerprint density at radius 2 is 2.10 bits per heavy atom. The lowest BCUT2D eigenvalue weighted by molar-refractivity contribution is 0.299. The van der Waals surface area contributed by atoms with Gasteiger partial charge in [-0.25, -0.2) is 4.39 Å². The molecule has 0 atom stereocenters. The molecule has 0 heterocycles.